The molecule has 0 spiro atoms. The van der Waals surface area contributed by atoms with Crippen molar-refractivity contribution in [2.75, 3.05) is 35.3 Å². The van der Waals surface area contributed by atoms with Gasteiger partial charge in [-0.1, -0.05) is 21.4 Å². The van der Waals surface area contributed by atoms with E-state index in [9.17, 15) is 29.4 Å². The standard InChI is InChI=1S/C25H29N11O7S3/c1-34-13-6-12(26)30-23(36(13)32-21(34)27)46-10-24(19(39)40)8-35-17(38)15(18(35)45-9-24)31-16(37)14(11-7-44-22(28)29-11)33-43-25(20(41)42)4-2-3-5-25/h6-7,15,18,26H,2-5,8-10H2,1H3,(H7,27,28,29,31,32,37,39,40,41,42)/p+1/t15?,18-,24?/m1/s1. The number of rotatable bonds is 10. The quantitative estimate of drug-likeness (QED) is 0.0377. The summed E-state index contributed by atoms with van der Waals surface area (Å²) in [4.78, 5) is 66.6. The SMILES string of the molecule is C[n+]1c(N)nn2c(SCC3(C(=O)O)CS[C@@H]4C(NC(=O)C(=NOC5(C(=O)O)CCCC5)c5csc(N)n5)C(=O)N4C3)nc(N)cc21. The van der Waals surface area contributed by atoms with Crippen LogP contribution in [-0.2, 0) is 31.1 Å². The number of carboxylic acid groups (broad SMARTS) is 2. The van der Waals surface area contributed by atoms with E-state index >= 15 is 0 Å². The van der Waals surface area contributed by atoms with E-state index in [4.69, 9.17) is 22.0 Å². The molecule has 9 N–H and O–H groups in total. The molecule has 3 fully saturated rings. The Kier molecular flexibility index (Phi) is 8.09. The van der Waals surface area contributed by atoms with Gasteiger partial charge in [0, 0.05) is 47.4 Å². The van der Waals surface area contributed by atoms with Crippen LogP contribution in [0.15, 0.2) is 21.8 Å². The normalized spacial score (nSPS) is 24.0. The maximum absolute atomic E-state index is 13.5. The first-order valence-electron chi connectivity index (χ1n) is 13.9. The zero-order valence-electron chi connectivity index (χ0n) is 24.3. The number of fused-ring (bicyclic) bond motifs is 2. The van der Waals surface area contributed by atoms with Crippen LogP contribution in [0.1, 0.15) is 31.4 Å². The van der Waals surface area contributed by atoms with E-state index in [1.165, 1.54) is 26.6 Å². The van der Waals surface area contributed by atoms with Crippen LogP contribution < -0.4 is 27.1 Å². The number of amides is 2. The highest BCUT2D eigenvalue weighted by Gasteiger charge is 2.58. The molecule has 2 amide bonds. The summed E-state index contributed by atoms with van der Waals surface area (Å²) in [5, 5.41) is 32.3. The molecule has 18 nitrogen and oxygen atoms in total. The molecule has 3 aromatic rings. The van der Waals surface area contributed by atoms with Crippen molar-refractivity contribution in [3.8, 4) is 0 Å². The van der Waals surface area contributed by atoms with Crippen molar-refractivity contribution >= 4 is 86.9 Å². The molecule has 21 heteroatoms. The number of hydrogen-bond acceptors (Lipinski definition) is 15. The Bertz CT molecular complexity index is 1790. The first-order chi connectivity index (χ1) is 21.8. The number of aromatic nitrogens is 5. The molecule has 0 radical (unpaired) electrons. The van der Waals surface area contributed by atoms with Crippen LogP contribution in [0, 0.1) is 5.41 Å². The van der Waals surface area contributed by atoms with Gasteiger partial charge in [-0.2, -0.15) is 4.98 Å². The van der Waals surface area contributed by atoms with Crippen LogP contribution in [0.3, 0.4) is 0 Å². The number of thioether (sulfide) groups is 2. The molecule has 0 aromatic carbocycles. The molecule has 0 bridgehead atoms. The van der Waals surface area contributed by atoms with Gasteiger partial charge in [0.05, 0.1) is 7.05 Å². The summed E-state index contributed by atoms with van der Waals surface area (Å²) < 4.78 is 3.10. The third-order valence-corrected chi connectivity index (χ3v) is 11.7. The lowest BCUT2D eigenvalue weighted by molar-refractivity contribution is -0.631. The summed E-state index contributed by atoms with van der Waals surface area (Å²) in [6.07, 6.45) is 1.72. The van der Waals surface area contributed by atoms with Gasteiger partial charge in [-0.15, -0.1) is 23.1 Å². The van der Waals surface area contributed by atoms with Crippen molar-refractivity contribution in [1.29, 1.82) is 0 Å². The molecule has 3 aromatic heterocycles. The van der Waals surface area contributed by atoms with Crippen LogP contribution in [0.4, 0.5) is 16.9 Å². The van der Waals surface area contributed by atoms with Gasteiger partial charge in [-0.05, 0) is 12.8 Å². The predicted molar refractivity (Wildman–Crippen MR) is 167 cm³/mol. The van der Waals surface area contributed by atoms with Gasteiger partial charge in [-0.3, -0.25) is 14.4 Å². The van der Waals surface area contributed by atoms with Crippen molar-refractivity contribution in [3.63, 3.8) is 0 Å². The van der Waals surface area contributed by atoms with E-state index in [2.05, 4.69) is 25.5 Å². The Morgan fingerprint density at radius 1 is 1.22 bits per heavy atom. The minimum absolute atomic E-state index is 0.0443. The number of thiazole rings is 1. The molecule has 2 unspecified atom stereocenters. The van der Waals surface area contributed by atoms with Crippen LogP contribution in [0.5, 0.6) is 0 Å². The number of nitrogens with zero attached hydrogens (tertiary/aromatic N) is 7. The molecule has 46 heavy (non-hydrogen) atoms. The van der Waals surface area contributed by atoms with E-state index in [0.717, 1.165) is 23.1 Å². The zero-order valence-corrected chi connectivity index (χ0v) is 26.7. The highest BCUT2D eigenvalue weighted by Crippen LogP contribution is 2.44. The van der Waals surface area contributed by atoms with E-state index in [1.807, 2.05) is 0 Å². The Balaban J connectivity index is 1.17. The third kappa shape index (κ3) is 5.40. The first kappa shape index (κ1) is 31.6. The number of nitrogen functional groups attached to an aromatic ring is 3. The Labute approximate surface area is 272 Å². The van der Waals surface area contributed by atoms with Crippen LogP contribution in [-0.4, -0.2) is 99.2 Å². The largest absolute Gasteiger partial charge is 0.481 e. The zero-order chi connectivity index (χ0) is 33.0. The minimum Gasteiger partial charge on any atom is -0.481 e. The number of nitrogens with one attached hydrogen (secondary N) is 1. The number of oxime groups is 1. The maximum Gasteiger partial charge on any atom is 0.376 e. The van der Waals surface area contributed by atoms with Gasteiger partial charge < -0.3 is 42.5 Å². The fraction of sp³-hybridized carbons (Fsp3) is 0.480. The highest BCUT2D eigenvalue weighted by molar-refractivity contribution is 8.00. The van der Waals surface area contributed by atoms with E-state index in [1.54, 1.807) is 17.7 Å². The topological polar surface area (TPSA) is 271 Å². The average Bonchev–Trinajstić information content (AvgIpc) is 3.75. The number of carboxylic acids is 2. The summed E-state index contributed by atoms with van der Waals surface area (Å²) in [5.74, 6) is -2.97. The summed E-state index contributed by atoms with van der Waals surface area (Å²) in [7, 11) is 1.71. The fourth-order valence-electron chi connectivity index (χ4n) is 5.54. The highest BCUT2D eigenvalue weighted by atomic mass is 32.2. The summed E-state index contributed by atoms with van der Waals surface area (Å²) in [5.41, 5.74) is 15.1. The van der Waals surface area contributed by atoms with Crippen LogP contribution in [0.2, 0.25) is 0 Å². The number of carbonyl (C=O) groups is 4. The van der Waals surface area contributed by atoms with Crippen molar-refractivity contribution in [3.05, 3.63) is 17.1 Å². The van der Waals surface area contributed by atoms with Crippen molar-refractivity contribution in [1.82, 2.24) is 29.8 Å². The second-order valence-electron chi connectivity index (χ2n) is 11.3. The Morgan fingerprint density at radius 3 is 2.61 bits per heavy atom. The minimum atomic E-state index is -1.57. The second-order valence-corrected chi connectivity index (χ2v) is 14.2. The number of anilines is 3. The monoisotopic (exact) mass is 692 g/mol. The molecule has 1 aliphatic carbocycles. The number of aryl methyl sites for hydroxylation is 1. The second kappa shape index (κ2) is 11.8. The summed E-state index contributed by atoms with van der Waals surface area (Å²) in [6.45, 7) is -0.105. The molecule has 1 saturated carbocycles. The lowest BCUT2D eigenvalue weighted by atomic mass is 9.89. The van der Waals surface area contributed by atoms with Gasteiger partial charge in [0.1, 0.15) is 28.3 Å². The van der Waals surface area contributed by atoms with Crippen molar-refractivity contribution < 1.29 is 38.8 Å². The van der Waals surface area contributed by atoms with Crippen molar-refractivity contribution in [2.45, 2.75) is 47.9 Å². The molecule has 3 atom stereocenters. The van der Waals surface area contributed by atoms with Gasteiger partial charge in [0.2, 0.25) is 22.3 Å². The number of hydrogen-bond donors (Lipinski definition) is 6. The summed E-state index contributed by atoms with van der Waals surface area (Å²) >= 11 is 3.41. The lowest BCUT2D eigenvalue weighted by Gasteiger charge is -2.53. The van der Waals surface area contributed by atoms with Crippen LogP contribution in [0.25, 0.3) is 5.65 Å². The average molecular weight is 693 g/mol. The summed E-state index contributed by atoms with van der Waals surface area (Å²) in [6, 6.07) is 0.611. The Hall–Kier alpha value is -4.37. The van der Waals surface area contributed by atoms with Gasteiger partial charge >= 0.3 is 17.9 Å². The molecule has 3 aliphatic rings. The van der Waals surface area contributed by atoms with Crippen LogP contribution >= 0.6 is 34.9 Å². The molecule has 244 valence electrons. The molecule has 2 aliphatic heterocycles. The number of β-lactam (4-membered cyclic amide) rings is 1. The smallest absolute Gasteiger partial charge is 0.376 e. The van der Waals surface area contributed by atoms with E-state index in [0.29, 0.717) is 23.6 Å². The third-order valence-electron chi connectivity index (χ3n) is 8.24. The fourth-order valence-corrected chi connectivity index (χ4v) is 8.90. The predicted octanol–water partition coefficient (Wildman–Crippen LogP) is -0.862. The molecule has 6 rings (SSSR count). The van der Waals surface area contributed by atoms with E-state index < -0.39 is 46.2 Å². The van der Waals surface area contributed by atoms with Crippen molar-refractivity contribution in [2.24, 2.45) is 17.6 Å². The number of aliphatic carboxylic acids is 2. The van der Waals surface area contributed by atoms with E-state index in [-0.39, 0.29) is 59.2 Å². The maximum atomic E-state index is 13.5. The lowest BCUT2D eigenvalue weighted by Crippen LogP contribution is -2.74. The number of carbonyl (C=O) groups excluding carboxylic acids is 2. The molecule has 5 heterocycles. The molecular weight excluding hydrogens is 663 g/mol. The number of nitrogens with two attached hydrogens (primary N) is 3. The van der Waals surface area contributed by atoms with Gasteiger partial charge in [0.25, 0.3) is 5.91 Å². The molecule has 2 saturated heterocycles. The van der Waals surface area contributed by atoms with Gasteiger partial charge in [-0.25, -0.2) is 14.3 Å². The Morgan fingerprint density at radius 2 is 1.96 bits per heavy atom. The first-order valence-corrected chi connectivity index (χ1v) is 16.9. The van der Waals surface area contributed by atoms with Gasteiger partial charge in [0.15, 0.2) is 10.8 Å². The molecular formula is C25H30N11O7S3+.